The molecule has 1 aliphatic rings. The maximum Gasteiger partial charge on any atom is 0.459 e. The Bertz CT molecular complexity index is 1340. The van der Waals surface area contributed by atoms with E-state index in [0.29, 0.717) is 17.0 Å². The summed E-state index contributed by atoms with van der Waals surface area (Å²) >= 11 is 0. The molecule has 14 nitrogen and oxygen atoms in total. The van der Waals surface area contributed by atoms with E-state index >= 15 is 0 Å². The molecule has 0 amide bonds. The quantitative estimate of drug-likeness (QED) is 0.197. The number of fused-ring (bicyclic) bond motifs is 1. The molecule has 0 radical (unpaired) electrons. The molecule has 0 saturated carbocycles. The van der Waals surface area contributed by atoms with Crippen LogP contribution in [0.3, 0.4) is 0 Å². The molecule has 39 heavy (non-hydrogen) atoms. The van der Waals surface area contributed by atoms with Crippen molar-refractivity contribution in [2.24, 2.45) is 5.92 Å². The molecule has 15 heteroatoms. The van der Waals surface area contributed by atoms with Gasteiger partial charge in [0, 0.05) is 13.0 Å². The number of benzene rings is 1. The number of hydrogen-bond donors (Lipinski definition) is 4. The molecule has 3 aromatic rings. The van der Waals surface area contributed by atoms with Crippen LogP contribution in [0, 0.1) is 5.92 Å². The third-order valence-electron chi connectivity index (χ3n) is 6.07. The summed E-state index contributed by atoms with van der Waals surface area (Å²) in [6.45, 7) is 6.40. The summed E-state index contributed by atoms with van der Waals surface area (Å²) in [7, 11) is -2.44. The first-order chi connectivity index (χ1) is 18.5. The van der Waals surface area contributed by atoms with E-state index in [9.17, 15) is 14.5 Å². The third kappa shape index (κ3) is 6.48. The molecule has 0 spiro atoms. The number of aromatic nitrogens is 4. The van der Waals surface area contributed by atoms with Crippen LogP contribution in [-0.2, 0) is 23.4 Å². The van der Waals surface area contributed by atoms with Gasteiger partial charge >= 0.3 is 13.7 Å². The lowest BCUT2D eigenvalue weighted by molar-refractivity contribution is -0.149. The lowest BCUT2D eigenvalue weighted by Gasteiger charge is -2.25. The number of carbonyl (C=O) groups excluding carboxylic acids is 1. The Morgan fingerprint density at radius 3 is 2.64 bits per heavy atom. The van der Waals surface area contributed by atoms with Crippen LogP contribution in [0.25, 0.3) is 11.2 Å². The lowest BCUT2D eigenvalue weighted by Crippen LogP contribution is -2.37. The molecule has 1 aliphatic heterocycles. The molecule has 212 valence electrons. The summed E-state index contributed by atoms with van der Waals surface area (Å²) < 4.78 is 38.1. The zero-order chi connectivity index (χ0) is 28.3. The van der Waals surface area contributed by atoms with E-state index in [1.807, 2.05) is 0 Å². The zero-order valence-corrected chi connectivity index (χ0v) is 23.2. The van der Waals surface area contributed by atoms with Gasteiger partial charge < -0.3 is 30.2 Å². The summed E-state index contributed by atoms with van der Waals surface area (Å²) in [4.78, 5) is 25.2. The SMILES string of the molecule is CNc1nc(N)nc2c1ncn2[C@@H]1OC(COP(=O)(N[C@@H](C)C(=O)OC(C)C)Oc2ccccc2)[C@@H](O)[C@@H]1C. The fraction of sp³-hybridized carbons (Fsp3) is 0.500. The molecule has 1 fully saturated rings. The first kappa shape index (κ1) is 28.7. The average Bonchev–Trinajstić information content (AvgIpc) is 3.42. The van der Waals surface area contributed by atoms with Gasteiger partial charge in [0.1, 0.15) is 24.1 Å². The number of nitrogen functional groups attached to an aromatic ring is 1. The fourth-order valence-electron chi connectivity index (χ4n) is 4.15. The molecular weight excluding hydrogens is 529 g/mol. The maximum absolute atomic E-state index is 13.8. The van der Waals surface area contributed by atoms with Crippen molar-refractivity contribution < 1.29 is 33.0 Å². The minimum atomic E-state index is -4.14. The Labute approximate surface area is 225 Å². The highest BCUT2D eigenvalue weighted by Gasteiger charge is 2.44. The standard InChI is InChI=1S/C24H34N7O7P/c1-13(2)36-23(33)15(4)30-39(34,38-16-9-7-6-8-10-16)35-11-17-19(32)14(3)22(37-17)31-12-27-18-20(26-5)28-24(25)29-21(18)31/h6-10,12-15,17,19,22,32H,11H2,1-5H3,(H,30,34)(H3,25,26,28,29)/t14-,15-,17?,19-,22+,39?/m0/s1. The third-order valence-corrected chi connectivity index (χ3v) is 7.71. The lowest BCUT2D eigenvalue weighted by atomic mass is 10.0. The van der Waals surface area contributed by atoms with Gasteiger partial charge in [-0.25, -0.2) is 9.55 Å². The van der Waals surface area contributed by atoms with E-state index < -0.39 is 44.1 Å². The Morgan fingerprint density at radius 1 is 1.26 bits per heavy atom. The van der Waals surface area contributed by atoms with Gasteiger partial charge in [0.2, 0.25) is 5.95 Å². The molecule has 3 heterocycles. The van der Waals surface area contributed by atoms with Crippen molar-refractivity contribution in [2.45, 2.75) is 58.3 Å². The molecule has 2 aromatic heterocycles. The smallest absolute Gasteiger partial charge is 0.459 e. The van der Waals surface area contributed by atoms with Crippen molar-refractivity contribution in [1.82, 2.24) is 24.6 Å². The van der Waals surface area contributed by atoms with Gasteiger partial charge in [-0.3, -0.25) is 13.9 Å². The largest absolute Gasteiger partial charge is 0.462 e. The van der Waals surface area contributed by atoms with Crippen LogP contribution >= 0.6 is 7.75 Å². The number of nitrogens with two attached hydrogens (primary N) is 1. The second-order valence-electron chi connectivity index (χ2n) is 9.45. The van der Waals surface area contributed by atoms with Crippen LogP contribution in [0.1, 0.15) is 33.9 Å². The Hall–Kier alpha value is -3.29. The van der Waals surface area contributed by atoms with Crippen molar-refractivity contribution in [3.8, 4) is 5.75 Å². The van der Waals surface area contributed by atoms with E-state index in [1.165, 1.54) is 13.3 Å². The number of ether oxygens (including phenoxy) is 2. The Morgan fingerprint density at radius 2 is 1.97 bits per heavy atom. The monoisotopic (exact) mass is 563 g/mol. The van der Waals surface area contributed by atoms with E-state index in [-0.39, 0.29) is 24.4 Å². The first-order valence-corrected chi connectivity index (χ1v) is 14.0. The minimum Gasteiger partial charge on any atom is -0.462 e. The second kappa shape index (κ2) is 11.8. The van der Waals surface area contributed by atoms with Crippen molar-refractivity contribution >= 4 is 36.6 Å². The Balaban J connectivity index is 1.52. The molecule has 2 unspecified atom stereocenters. The highest BCUT2D eigenvalue weighted by Crippen LogP contribution is 2.46. The van der Waals surface area contributed by atoms with Gasteiger partial charge in [-0.05, 0) is 32.9 Å². The number of aliphatic hydroxyl groups excluding tert-OH is 1. The molecule has 1 saturated heterocycles. The normalized spacial score (nSPS) is 23.5. The van der Waals surface area contributed by atoms with E-state index in [4.69, 9.17) is 24.3 Å². The number of anilines is 2. The summed E-state index contributed by atoms with van der Waals surface area (Å²) in [5, 5.41) is 16.5. The topological polar surface area (TPSA) is 185 Å². The number of imidazole rings is 1. The van der Waals surface area contributed by atoms with Crippen molar-refractivity contribution in [1.29, 1.82) is 0 Å². The highest BCUT2D eigenvalue weighted by molar-refractivity contribution is 7.52. The van der Waals surface area contributed by atoms with E-state index in [1.54, 1.807) is 62.7 Å². The number of rotatable bonds is 11. The first-order valence-electron chi connectivity index (χ1n) is 12.5. The summed E-state index contributed by atoms with van der Waals surface area (Å²) in [6.07, 6.45) is -1.40. The van der Waals surface area contributed by atoms with Gasteiger partial charge in [-0.15, -0.1) is 0 Å². The zero-order valence-electron chi connectivity index (χ0n) is 22.3. The predicted molar refractivity (Wildman–Crippen MR) is 143 cm³/mol. The highest BCUT2D eigenvalue weighted by atomic mass is 31.2. The number of aliphatic hydroxyl groups is 1. The number of carbonyl (C=O) groups is 1. The van der Waals surface area contributed by atoms with Gasteiger partial charge in [0.15, 0.2) is 17.0 Å². The number of hydrogen-bond acceptors (Lipinski definition) is 12. The fourth-order valence-corrected chi connectivity index (χ4v) is 5.65. The molecule has 0 aliphatic carbocycles. The number of para-hydroxylation sites is 1. The molecular formula is C24H34N7O7P. The van der Waals surface area contributed by atoms with Gasteiger partial charge in [0.25, 0.3) is 0 Å². The average molecular weight is 564 g/mol. The minimum absolute atomic E-state index is 0.0508. The molecule has 0 bridgehead atoms. The Kier molecular flexibility index (Phi) is 8.72. The predicted octanol–water partition coefficient (Wildman–Crippen LogP) is 2.48. The van der Waals surface area contributed by atoms with Crippen LogP contribution in [-0.4, -0.2) is 68.6 Å². The number of nitrogens with zero attached hydrogens (tertiary/aromatic N) is 4. The van der Waals surface area contributed by atoms with Crippen molar-refractivity contribution in [3.05, 3.63) is 36.7 Å². The van der Waals surface area contributed by atoms with Crippen LogP contribution in [0.4, 0.5) is 11.8 Å². The maximum atomic E-state index is 13.8. The summed E-state index contributed by atoms with van der Waals surface area (Å²) in [5.41, 5.74) is 6.78. The van der Waals surface area contributed by atoms with Crippen molar-refractivity contribution in [3.63, 3.8) is 0 Å². The number of nitrogens with one attached hydrogen (secondary N) is 2. The van der Waals surface area contributed by atoms with E-state index in [2.05, 4.69) is 25.4 Å². The van der Waals surface area contributed by atoms with Gasteiger partial charge in [0.05, 0.1) is 25.1 Å². The van der Waals surface area contributed by atoms with Crippen LogP contribution in [0.15, 0.2) is 36.7 Å². The number of esters is 1. The molecule has 6 atom stereocenters. The second-order valence-corrected chi connectivity index (χ2v) is 11.1. The summed E-state index contributed by atoms with van der Waals surface area (Å²) in [5.74, 6) is -0.273. The molecule has 5 N–H and O–H groups in total. The molecule has 4 rings (SSSR count). The van der Waals surface area contributed by atoms with Crippen molar-refractivity contribution in [2.75, 3.05) is 24.7 Å². The van der Waals surface area contributed by atoms with E-state index in [0.717, 1.165) is 0 Å². The summed E-state index contributed by atoms with van der Waals surface area (Å²) in [6, 6.07) is 7.38. The molecule has 1 aromatic carbocycles. The van der Waals surface area contributed by atoms with Gasteiger partial charge in [-0.2, -0.15) is 15.1 Å². The van der Waals surface area contributed by atoms with Crippen LogP contribution in [0.5, 0.6) is 5.75 Å². The van der Waals surface area contributed by atoms with Crippen LogP contribution in [0.2, 0.25) is 0 Å². The van der Waals surface area contributed by atoms with Crippen LogP contribution < -0.4 is 20.7 Å². The van der Waals surface area contributed by atoms with Gasteiger partial charge in [-0.1, -0.05) is 25.1 Å².